The average molecular weight is 1190 g/mol. The lowest BCUT2D eigenvalue weighted by Gasteiger charge is -2.25. The summed E-state index contributed by atoms with van der Waals surface area (Å²) in [6.45, 7) is 7.06. The van der Waals surface area contributed by atoms with Crippen LogP contribution in [0, 0.1) is 35.5 Å². The molecule has 0 saturated heterocycles. The van der Waals surface area contributed by atoms with Crippen molar-refractivity contribution in [3.8, 4) is 105 Å². The van der Waals surface area contributed by atoms with E-state index in [-0.39, 0.29) is 68.9 Å². The lowest BCUT2D eigenvalue weighted by atomic mass is 10.0. The maximum Gasteiger partial charge on any atom is 0.258 e. The van der Waals surface area contributed by atoms with Gasteiger partial charge in [-0.15, -0.1) is 0 Å². The molecular formula is C69H75N3O15. The topological polar surface area (TPSA) is 172 Å². The van der Waals surface area contributed by atoms with Gasteiger partial charge in [0.1, 0.15) is 102 Å². The minimum absolute atomic E-state index is 0.247. The summed E-state index contributed by atoms with van der Waals surface area (Å²) in [5, 5.41) is 0. The van der Waals surface area contributed by atoms with Crippen molar-refractivity contribution in [2.75, 3.05) is 120 Å². The van der Waals surface area contributed by atoms with Gasteiger partial charge in [-0.1, -0.05) is 75.6 Å². The summed E-state index contributed by atoms with van der Waals surface area (Å²) < 4.78 is 71.5. The monoisotopic (exact) mass is 1190 g/mol. The van der Waals surface area contributed by atoms with Gasteiger partial charge in [0.25, 0.3) is 17.7 Å². The fraction of sp³-hybridized carbons (Fsp3) is 0.348. The van der Waals surface area contributed by atoms with Crippen molar-refractivity contribution >= 4 is 34.8 Å². The van der Waals surface area contributed by atoms with Gasteiger partial charge in [0.2, 0.25) is 0 Å². The van der Waals surface area contributed by atoms with Crippen LogP contribution in [0.25, 0.3) is 0 Å². The van der Waals surface area contributed by atoms with E-state index in [4.69, 9.17) is 56.8 Å². The Kier molecular flexibility index (Phi) is 22.4. The number of anilines is 3. The van der Waals surface area contributed by atoms with E-state index in [9.17, 15) is 14.4 Å². The molecule has 0 radical (unpaired) electrons. The van der Waals surface area contributed by atoms with Gasteiger partial charge in [-0.05, 0) is 55.7 Å². The molecule has 3 amide bonds. The van der Waals surface area contributed by atoms with E-state index in [1.165, 1.54) is 85.3 Å². The van der Waals surface area contributed by atoms with Crippen LogP contribution in [0.5, 0.6) is 69.0 Å². The number of amides is 3. The number of ether oxygens (including phenoxy) is 12. The highest BCUT2D eigenvalue weighted by molar-refractivity contribution is 6.09. The van der Waals surface area contributed by atoms with Crippen molar-refractivity contribution in [3.63, 3.8) is 0 Å². The first-order chi connectivity index (χ1) is 42.2. The van der Waals surface area contributed by atoms with Crippen LogP contribution in [0.3, 0.4) is 0 Å². The molecule has 0 spiro atoms. The van der Waals surface area contributed by atoms with E-state index in [2.05, 4.69) is 35.5 Å². The summed E-state index contributed by atoms with van der Waals surface area (Å²) in [5.74, 6) is 21.5. The third kappa shape index (κ3) is 13.9. The number of nitrogens with zero attached hydrogens (tertiary/aromatic N) is 3. The lowest BCUT2D eigenvalue weighted by Crippen LogP contribution is -2.32. The second-order valence-electron chi connectivity index (χ2n) is 19.6. The van der Waals surface area contributed by atoms with E-state index in [1.807, 2.05) is 20.8 Å². The Balaban J connectivity index is 1.51. The summed E-state index contributed by atoms with van der Waals surface area (Å²) in [7, 11) is 17.9. The van der Waals surface area contributed by atoms with E-state index in [0.717, 1.165) is 19.3 Å². The maximum absolute atomic E-state index is 15.0. The maximum atomic E-state index is 15.0. The Labute approximate surface area is 510 Å². The second-order valence-corrected chi connectivity index (χ2v) is 19.6. The van der Waals surface area contributed by atoms with Crippen molar-refractivity contribution in [2.45, 2.75) is 59.3 Å². The molecule has 10 aliphatic rings. The van der Waals surface area contributed by atoms with Crippen LogP contribution in [0.4, 0.5) is 17.1 Å². The largest absolute Gasteiger partial charge is 0.495 e. The van der Waals surface area contributed by atoms with Crippen LogP contribution in [-0.2, 0) is 0 Å². The molecular weight excluding hydrogens is 1110 g/mol. The van der Waals surface area contributed by atoms with Gasteiger partial charge in [-0.3, -0.25) is 14.4 Å². The number of rotatable bonds is 21. The molecule has 10 heterocycles. The molecule has 0 aliphatic carbocycles. The molecule has 0 aromatic heterocycles. The zero-order valence-corrected chi connectivity index (χ0v) is 52.3. The van der Waals surface area contributed by atoms with Crippen LogP contribution in [0.2, 0.25) is 0 Å². The van der Waals surface area contributed by atoms with Gasteiger partial charge >= 0.3 is 0 Å². The van der Waals surface area contributed by atoms with Crippen LogP contribution in [-0.4, -0.2) is 123 Å². The smallest absolute Gasteiger partial charge is 0.258 e. The van der Waals surface area contributed by atoms with Gasteiger partial charge in [0, 0.05) is 72.7 Å². The zero-order chi connectivity index (χ0) is 62.9. The number of hydrogen-bond donors (Lipinski definition) is 0. The molecule has 0 unspecified atom stereocenters. The Morgan fingerprint density at radius 2 is 0.414 bits per heavy atom. The van der Waals surface area contributed by atoms with Crippen LogP contribution in [0.15, 0.2) is 72.8 Å². The van der Waals surface area contributed by atoms with Crippen molar-refractivity contribution in [3.05, 3.63) is 123 Å². The van der Waals surface area contributed by atoms with E-state index in [0.29, 0.717) is 124 Å². The molecule has 0 N–H and O–H groups in total. The van der Waals surface area contributed by atoms with Crippen LogP contribution < -0.4 is 71.5 Å². The Bertz CT molecular complexity index is 3190. The molecule has 87 heavy (non-hydrogen) atoms. The number of carbonyl (C=O) groups excluding carboxylic acids is 3. The fourth-order valence-electron chi connectivity index (χ4n) is 9.84. The van der Waals surface area contributed by atoms with Crippen molar-refractivity contribution in [2.24, 2.45) is 0 Å². The molecule has 6 aromatic rings. The zero-order valence-electron chi connectivity index (χ0n) is 52.3. The molecule has 456 valence electrons. The van der Waals surface area contributed by atoms with E-state index in [1.54, 1.807) is 87.5 Å². The Hall–Kier alpha value is -9.99. The minimum atomic E-state index is -0.374. The fourth-order valence-corrected chi connectivity index (χ4v) is 9.84. The summed E-state index contributed by atoms with van der Waals surface area (Å²) in [6.07, 6.45) is 4.28. The standard InChI is InChI=1S/C69H75N3O15/c1-16-19-28-70-46-37-61(82-10)52(62(38-46)83-11)25-22-50-57(78-6)33-44(34-58(50)79-7)68(74)72(30-21-18-3)48-41-65(86-14)54(66(42-48)87-15)27-24-51-59(80-8)35-45(36-60(51)81-9)69(75)71(29-20-17-2)47-39-63(84-12)53(64(40-47)85-13)26-23-49-55(76-4)31-43(67(70)73)32-56(49)77-5/h31-42H,16-21,28-30H2,1-15H3. The molecule has 0 fully saturated rings. The van der Waals surface area contributed by atoms with E-state index >= 15 is 0 Å². The number of carbonyl (C=O) groups is 3. The number of methoxy groups -OCH3 is 12. The molecule has 0 atom stereocenters. The minimum Gasteiger partial charge on any atom is -0.495 e. The van der Waals surface area contributed by atoms with E-state index < -0.39 is 0 Å². The summed E-state index contributed by atoms with van der Waals surface area (Å²) >= 11 is 0. The van der Waals surface area contributed by atoms with Gasteiger partial charge < -0.3 is 71.5 Å². The summed E-state index contributed by atoms with van der Waals surface area (Å²) in [5.41, 5.74) is 4.28. The SMILES string of the molecule is CCCCN1C(=O)c2cc(OC)c(c(OC)c2)C#Cc2c(OC)cc(cc2OC)N(CCCC)C(=O)c2cc(OC)c(c(OC)c2)C#Cc2c(OC)cc(cc2OC)N(CCCC)C(=O)c2cc(OC)c(c(OC)c2)C#Cc2c(OC)cc1cc2OC. The van der Waals surface area contributed by atoms with Gasteiger partial charge in [0.15, 0.2) is 0 Å². The number of hydrogen-bond acceptors (Lipinski definition) is 15. The highest BCUT2D eigenvalue weighted by atomic mass is 16.5. The molecule has 0 saturated carbocycles. The highest BCUT2D eigenvalue weighted by Gasteiger charge is 2.29. The average Bonchev–Trinajstić information content (AvgIpc) is 3.52. The molecule has 10 aliphatic heterocycles. The third-order valence-electron chi connectivity index (χ3n) is 14.5. The van der Waals surface area contributed by atoms with Crippen molar-refractivity contribution in [1.29, 1.82) is 0 Å². The number of unbranched alkanes of at least 4 members (excludes halogenated alkanes) is 3. The van der Waals surface area contributed by atoms with Gasteiger partial charge in [-0.25, -0.2) is 0 Å². The Morgan fingerprint density at radius 1 is 0.264 bits per heavy atom. The predicted octanol–water partition coefficient (Wildman–Crippen LogP) is 11.6. The van der Waals surface area contributed by atoms with Crippen molar-refractivity contribution in [1.82, 2.24) is 0 Å². The molecule has 12 bridgehead atoms. The molecule has 18 heteroatoms. The quantitative estimate of drug-likeness (QED) is 0.0623. The normalized spacial score (nSPS) is 12.0. The van der Waals surface area contributed by atoms with Gasteiger partial charge in [0.05, 0.1) is 102 Å². The van der Waals surface area contributed by atoms with Crippen LogP contribution >= 0.6 is 0 Å². The Morgan fingerprint density at radius 3 is 0.552 bits per heavy atom. The first kappa shape index (κ1) is 64.6. The summed E-state index contributed by atoms with van der Waals surface area (Å²) in [4.78, 5) is 49.9. The molecule has 18 nitrogen and oxygen atoms in total. The second kappa shape index (κ2) is 30.2. The van der Waals surface area contributed by atoms with Crippen molar-refractivity contribution < 1.29 is 71.2 Å². The first-order valence-corrected chi connectivity index (χ1v) is 28.3. The molecule has 6 aromatic carbocycles. The highest BCUT2D eigenvalue weighted by Crippen LogP contribution is 2.42. The lowest BCUT2D eigenvalue weighted by molar-refractivity contribution is 0.0978. The predicted molar refractivity (Wildman–Crippen MR) is 335 cm³/mol. The first-order valence-electron chi connectivity index (χ1n) is 28.3. The third-order valence-corrected chi connectivity index (χ3v) is 14.5. The number of benzene rings is 6. The molecule has 16 rings (SSSR count). The van der Waals surface area contributed by atoms with Crippen LogP contribution in [0.1, 0.15) is 124 Å². The summed E-state index contributed by atoms with van der Waals surface area (Å²) in [6, 6.07) is 20.0. The van der Waals surface area contributed by atoms with Gasteiger partial charge in [-0.2, -0.15) is 0 Å².